The molecule has 0 saturated heterocycles. The number of carbonyl (C=O) groups is 1. The van der Waals surface area contributed by atoms with Crippen LogP contribution >= 0.6 is 24.8 Å². The Morgan fingerprint density at radius 3 is 2.37 bits per heavy atom. The molecular formula is C21H29Cl2N3O. The van der Waals surface area contributed by atoms with Gasteiger partial charge in [0.2, 0.25) is 5.91 Å². The second-order valence-electron chi connectivity index (χ2n) is 7.12. The summed E-state index contributed by atoms with van der Waals surface area (Å²) in [7, 11) is 0. The maximum Gasteiger partial charge on any atom is 0.244 e. The van der Waals surface area contributed by atoms with Crippen LogP contribution in [0.5, 0.6) is 0 Å². The minimum Gasteiger partial charge on any atom is -0.353 e. The van der Waals surface area contributed by atoms with Gasteiger partial charge in [0.15, 0.2) is 0 Å². The summed E-state index contributed by atoms with van der Waals surface area (Å²) < 4.78 is 0. The second kappa shape index (κ2) is 10.1. The van der Waals surface area contributed by atoms with Crippen LogP contribution in [0.2, 0.25) is 0 Å². The van der Waals surface area contributed by atoms with E-state index in [0.29, 0.717) is 6.54 Å². The summed E-state index contributed by atoms with van der Waals surface area (Å²) in [5, 5.41) is 3.04. The maximum atomic E-state index is 12.6. The Bertz CT molecular complexity index is 737. The molecule has 0 bridgehead atoms. The fraction of sp³-hybridized carbons (Fsp3) is 0.381. The molecule has 0 saturated carbocycles. The van der Waals surface area contributed by atoms with Gasteiger partial charge in [0.1, 0.15) is 5.54 Å². The van der Waals surface area contributed by atoms with Gasteiger partial charge in [0.25, 0.3) is 0 Å². The molecule has 4 nitrogen and oxygen atoms in total. The summed E-state index contributed by atoms with van der Waals surface area (Å²) in [4.78, 5) is 15.0. The summed E-state index contributed by atoms with van der Waals surface area (Å²) in [6, 6.07) is 18.4. The van der Waals surface area contributed by atoms with E-state index in [0.717, 1.165) is 25.1 Å². The fourth-order valence-electron chi connectivity index (χ4n) is 3.36. The standard InChI is InChI=1S/C21H27N3O.2ClH/c1-16(24-13-12-17-8-6-7-9-18(17)15-24)14-23-20(25)21(2,22)19-10-4-3-5-11-19;;/h3-11,16H,12-15,22H2,1-2H3,(H,23,25);2*1H. The average Bonchev–Trinajstić information content (AvgIpc) is 2.66. The second-order valence-corrected chi connectivity index (χ2v) is 7.12. The molecule has 148 valence electrons. The van der Waals surface area contributed by atoms with Gasteiger partial charge in [-0.2, -0.15) is 0 Å². The lowest BCUT2D eigenvalue weighted by Gasteiger charge is -2.34. The molecule has 0 spiro atoms. The number of nitrogens with two attached hydrogens (primary N) is 1. The van der Waals surface area contributed by atoms with Gasteiger partial charge in [-0.15, -0.1) is 24.8 Å². The quantitative estimate of drug-likeness (QED) is 0.796. The zero-order valence-corrected chi connectivity index (χ0v) is 17.5. The predicted octanol–water partition coefficient (Wildman–Crippen LogP) is 3.27. The first-order valence-electron chi connectivity index (χ1n) is 8.92. The highest BCUT2D eigenvalue weighted by Gasteiger charge is 2.31. The van der Waals surface area contributed by atoms with E-state index in [-0.39, 0.29) is 36.8 Å². The highest BCUT2D eigenvalue weighted by atomic mass is 35.5. The van der Waals surface area contributed by atoms with Crippen molar-refractivity contribution in [1.82, 2.24) is 10.2 Å². The van der Waals surface area contributed by atoms with Gasteiger partial charge in [-0.25, -0.2) is 0 Å². The van der Waals surface area contributed by atoms with E-state index in [4.69, 9.17) is 5.73 Å². The van der Waals surface area contributed by atoms with E-state index in [1.165, 1.54) is 11.1 Å². The normalized spacial score (nSPS) is 16.7. The summed E-state index contributed by atoms with van der Waals surface area (Å²) >= 11 is 0. The first-order valence-corrected chi connectivity index (χ1v) is 8.92. The molecule has 0 aromatic heterocycles. The van der Waals surface area contributed by atoms with Crippen molar-refractivity contribution in [3.63, 3.8) is 0 Å². The topological polar surface area (TPSA) is 58.4 Å². The molecule has 2 aromatic rings. The number of halogens is 2. The molecule has 0 radical (unpaired) electrons. The molecule has 1 amide bonds. The zero-order valence-electron chi connectivity index (χ0n) is 15.9. The Balaban J connectivity index is 0.00000182. The van der Waals surface area contributed by atoms with Crippen molar-refractivity contribution in [2.75, 3.05) is 13.1 Å². The number of benzene rings is 2. The molecule has 6 heteroatoms. The van der Waals surface area contributed by atoms with Gasteiger partial charge in [0, 0.05) is 25.7 Å². The molecule has 0 aliphatic carbocycles. The lowest BCUT2D eigenvalue weighted by Crippen LogP contribution is -2.52. The van der Waals surface area contributed by atoms with Gasteiger partial charge in [-0.05, 0) is 37.0 Å². The summed E-state index contributed by atoms with van der Waals surface area (Å²) in [6.07, 6.45) is 1.06. The van der Waals surface area contributed by atoms with Crippen LogP contribution < -0.4 is 11.1 Å². The summed E-state index contributed by atoms with van der Waals surface area (Å²) in [5.74, 6) is -0.136. The number of nitrogens with zero attached hydrogens (tertiary/aromatic N) is 1. The molecular weight excluding hydrogens is 381 g/mol. The molecule has 0 fully saturated rings. The van der Waals surface area contributed by atoms with Crippen molar-refractivity contribution in [1.29, 1.82) is 0 Å². The summed E-state index contributed by atoms with van der Waals surface area (Å²) in [5.41, 5.74) is 8.92. The minimum absolute atomic E-state index is 0. The third-order valence-electron chi connectivity index (χ3n) is 5.19. The van der Waals surface area contributed by atoms with E-state index < -0.39 is 5.54 Å². The maximum absolute atomic E-state index is 12.6. The fourth-order valence-corrected chi connectivity index (χ4v) is 3.36. The van der Waals surface area contributed by atoms with E-state index in [9.17, 15) is 4.79 Å². The lowest BCUT2D eigenvalue weighted by atomic mass is 9.92. The van der Waals surface area contributed by atoms with Crippen LogP contribution in [0.1, 0.15) is 30.5 Å². The average molecular weight is 410 g/mol. The van der Waals surface area contributed by atoms with E-state index in [1.807, 2.05) is 30.3 Å². The van der Waals surface area contributed by atoms with Crippen molar-refractivity contribution in [2.24, 2.45) is 5.73 Å². The van der Waals surface area contributed by atoms with Crippen LogP contribution in [0.15, 0.2) is 54.6 Å². The Hall–Kier alpha value is -1.59. The summed E-state index contributed by atoms with van der Waals surface area (Å²) in [6.45, 7) is 6.48. The van der Waals surface area contributed by atoms with Gasteiger partial charge >= 0.3 is 0 Å². The van der Waals surface area contributed by atoms with Crippen molar-refractivity contribution in [3.8, 4) is 0 Å². The monoisotopic (exact) mass is 409 g/mol. The molecule has 27 heavy (non-hydrogen) atoms. The molecule has 2 aromatic carbocycles. The number of carbonyl (C=O) groups excluding carboxylic acids is 1. The van der Waals surface area contributed by atoms with Gasteiger partial charge < -0.3 is 11.1 Å². The van der Waals surface area contributed by atoms with Crippen molar-refractivity contribution < 1.29 is 4.79 Å². The Kier molecular flexibility index (Phi) is 8.76. The third kappa shape index (κ3) is 5.45. The number of hydrogen-bond donors (Lipinski definition) is 2. The van der Waals surface area contributed by atoms with Crippen molar-refractivity contribution >= 4 is 30.7 Å². The Morgan fingerprint density at radius 1 is 1.11 bits per heavy atom. The van der Waals surface area contributed by atoms with E-state index in [1.54, 1.807) is 6.92 Å². The number of nitrogens with one attached hydrogen (secondary N) is 1. The Morgan fingerprint density at radius 2 is 1.70 bits per heavy atom. The smallest absolute Gasteiger partial charge is 0.244 e. The van der Waals surface area contributed by atoms with E-state index >= 15 is 0 Å². The van der Waals surface area contributed by atoms with Crippen LogP contribution in [0, 0.1) is 0 Å². The minimum atomic E-state index is -1.02. The van der Waals surface area contributed by atoms with Gasteiger partial charge in [-0.3, -0.25) is 9.69 Å². The number of rotatable bonds is 5. The van der Waals surface area contributed by atoms with Crippen LogP contribution in [-0.2, 0) is 23.3 Å². The number of amides is 1. The molecule has 1 heterocycles. The SMILES string of the molecule is CC(CNC(=O)C(C)(N)c1ccccc1)N1CCc2ccccc2C1.Cl.Cl. The van der Waals surface area contributed by atoms with Crippen LogP contribution in [0.25, 0.3) is 0 Å². The predicted molar refractivity (Wildman–Crippen MR) is 116 cm³/mol. The molecule has 3 rings (SSSR count). The molecule has 2 unspecified atom stereocenters. The highest BCUT2D eigenvalue weighted by molar-refractivity contribution is 5.87. The molecule has 3 N–H and O–H groups in total. The Labute approximate surface area is 174 Å². The van der Waals surface area contributed by atoms with Crippen molar-refractivity contribution in [3.05, 3.63) is 71.3 Å². The van der Waals surface area contributed by atoms with Crippen molar-refractivity contribution in [2.45, 2.75) is 38.4 Å². The van der Waals surface area contributed by atoms with Crippen LogP contribution in [-0.4, -0.2) is 29.9 Å². The van der Waals surface area contributed by atoms with Crippen LogP contribution in [0.4, 0.5) is 0 Å². The lowest BCUT2D eigenvalue weighted by molar-refractivity contribution is -0.126. The highest BCUT2D eigenvalue weighted by Crippen LogP contribution is 2.21. The van der Waals surface area contributed by atoms with Gasteiger partial charge in [-0.1, -0.05) is 54.6 Å². The first kappa shape index (κ1) is 23.4. The van der Waals surface area contributed by atoms with Gasteiger partial charge in [0.05, 0.1) is 0 Å². The molecule has 1 aliphatic rings. The van der Waals surface area contributed by atoms with E-state index in [2.05, 4.69) is 41.4 Å². The van der Waals surface area contributed by atoms with Crippen LogP contribution in [0.3, 0.4) is 0 Å². The number of fused-ring (bicyclic) bond motifs is 1. The molecule has 1 aliphatic heterocycles. The first-order chi connectivity index (χ1) is 12.0. The molecule has 2 atom stereocenters. The largest absolute Gasteiger partial charge is 0.353 e. The zero-order chi connectivity index (χ0) is 17.9. The third-order valence-corrected chi connectivity index (χ3v) is 5.19. The number of hydrogen-bond acceptors (Lipinski definition) is 3.